The van der Waals surface area contributed by atoms with Crippen molar-refractivity contribution in [1.82, 2.24) is 10.6 Å². The molecule has 0 spiro atoms. The summed E-state index contributed by atoms with van der Waals surface area (Å²) in [5.41, 5.74) is 0. The second-order valence-corrected chi connectivity index (χ2v) is 6.08. The van der Waals surface area contributed by atoms with Crippen molar-refractivity contribution in [2.24, 2.45) is 0 Å². The number of thiophene rings is 1. The molecule has 1 aromatic heterocycles. The van der Waals surface area contributed by atoms with E-state index < -0.39 is 0 Å². The highest BCUT2D eigenvalue weighted by atomic mass is 35.5. The minimum atomic E-state index is -0.0204. The van der Waals surface area contributed by atoms with Crippen LogP contribution in [0.5, 0.6) is 0 Å². The first-order chi connectivity index (χ1) is 8.25. The first kappa shape index (κ1) is 12.9. The standard InChI is InChI=1S/C12H17ClN2OS/c13-11-6-5-9(17-11)8-15-12(16)10-4-2-1-3-7-14-10/h5-6,10,14H,1-4,7-8H2,(H,15,16). The normalized spacial score (nSPS) is 20.9. The van der Waals surface area contributed by atoms with Crippen LogP contribution in [-0.4, -0.2) is 18.5 Å². The van der Waals surface area contributed by atoms with Gasteiger partial charge in [-0.25, -0.2) is 0 Å². The molecule has 94 valence electrons. The SMILES string of the molecule is O=C(NCc1ccc(Cl)s1)C1CCCCCN1. The van der Waals surface area contributed by atoms with Crippen LogP contribution in [0, 0.1) is 0 Å². The molecule has 0 aliphatic carbocycles. The molecule has 0 aromatic carbocycles. The highest BCUT2D eigenvalue weighted by Crippen LogP contribution is 2.21. The molecule has 1 saturated heterocycles. The van der Waals surface area contributed by atoms with E-state index >= 15 is 0 Å². The number of carbonyl (C=O) groups is 1. The largest absolute Gasteiger partial charge is 0.350 e. The fourth-order valence-corrected chi connectivity index (χ4v) is 3.02. The van der Waals surface area contributed by atoms with Crippen LogP contribution in [0.2, 0.25) is 4.34 Å². The molecule has 1 atom stereocenters. The average Bonchev–Trinajstić information content (AvgIpc) is 2.58. The van der Waals surface area contributed by atoms with Gasteiger partial charge in [-0.2, -0.15) is 0 Å². The van der Waals surface area contributed by atoms with Crippen molar-refractivity contribution in [2.45, 2.75) is 38.3 Å². The zero-order chi connectivity index (χ0) is 12.1. The molecule has 1 amide bonds. The van der Waals surface area contributed by atoms with E-state index in [4.69, 9.17) is 11.6 Å². The minimum Gasteiger partial charge on any atom is -0.350 e. The summed E-state index contributed by atoms with van der Waals surface area (Å²) in [4.78, 5) is 13.0. The highest BCUT2D eigenvalue weighted by molar-refractivity contribution is 7.16. The van der Waals surface area contributed by atoms with Crippen LogP contribution in [0.15, 0.2) is 12.1 Å². The number of amides is 1. The first-order valence-electron chi connectivity index (χ1n) is 6.01. The number of rotatable bonds is 3. The van der Waals surface area contributed by atoms with Crippen molar-refractivity contribution < 1.29 is 4.79 Å². The first-order valence-corrected chi connectivity index (χ1v) is 7.20. The molecular formula is C12H17ClN2OS. The Morgan fingerprint density at radius 2 is 2.35 bits per heavy atom. The maximum atomic E-state index is 11.9. The van der Waals surface area contributed by atoms with Crippen LogP contribution in [-0.2, 0) is 11.3 Å². The summed E-state index contributed by atoms with van der Waals surface area (Å²) in [6.45, 7) is 1.53. The van der Waals surface area contributed by atoms with Crippen molar-refractivity contribution in [1.29, 1.82) is 0 Å². The predicted octanol–water partition coefficient (Wildman–Crippen LogP) is 2.55. The second kappa shape index (κ2) is 6.38. The minimum absolute atomic E-state index is 0.0204. The Labute approximate surface area is 111 Å². The molecule has 3 nitrogen and oxygen atoms in total. The third-order valence-electron chi connectivity index (χ3n) is 2.94. The van der Waals surface area contributed by atoms with Crippen LogP contribution < -0.4 is 10.6 Å². The fraction of sp³-hybridized carbons (Fsp3) is 0.583. The Morgan fingerprint density at radius 3 is 3.12 bits per heavy atom. The van der Waals surface area contributed by atoms with Gasteiger partial charge in [0.05, 0.1) is 16.9 Å². The number of nitrogens with one attached hydrogen (secondary N) is 2. The highest BCUT2D eigenvalue weighted by Gasteiger charge is 2.18. The van der Waals surface area contributed by atoms with Crippen molar-refractivity contribution in [2.75, 3.05) is 6.54 Å². The van der Waals surface area contributed by atoms with Crippen LogP contribution >= 0.6 is 22.9 Å². The van der Waals surface area contributed by atoms with Gasteiger partial charge < -0.3 is 10.6 Å². The van der Waals surface area contributed by atoms with Crippen LogP contribution in [0.1, 0.15) is 30.6 Å². The van der Waals surface area contributed by atoms with Gasteiger partial charge in [0.15, 0.2) is 0 Å². The van der Waals surface area contributed by atoms with Crippen molar-refractivity contribution in [3.63, 3.8) is 0 Å². The molecule has 0 radical (unpaired) electrons. The third-order valence-corrected chi connectivity index (χ3v) is 4.17. The second-order valence-electron chi connectivity index (χ2n) is 4.28. The summed E-state index contributed by atoms with van der Waals surface area (Å²) >= 11 is 7.35. The van der Waals surface area contributed by atoms with Gasteiger partial charge in [0.25, 0.3) is 0 Å². The zero-order valence-electron chi connectivity index (χ0n) is 9.67. The molecule has 1 aliphatic heterocycles. The molecule has 2 N–H and O–H groups in total. The summed E-state index contributed by atoms with van der Waals surface area (Å²) in [6.07, 6.45) is 4.47. The lowest BCUT2D eigenvalue weighted by molar-refractivity contribution is -0.123. The molecule has 1 aromatic rings. The molecule has 1 fully saturated rings. The predicted molar refractivity (Wildman–Crippen MR) is 71.4 cm³/mol. The molecule has 1 aliphatic rings. The quantitative estimate of drug-likeness (QED) is 0.888. The van der Waals surface area contributed by atoms with Gasteiger partial charge in [0, 0.05) is 4.88 Å². The Morgan fingerprint density at radius 1 is 1.47 bits per heavy atom. The summed E-state index contributed by atoms with van der Waals surface area (Å²) in [5, 5.41) is 6.25. The van der Waals surface area contributed by atoms with E-state index in [2.05, 4.69) is 10.6 Å². The molecular weight excluding hydrogens is 256 g/mol. The zero-order valence-corrected chi connectivity index (χ0v) is 11.2. The van der Waals surface area contributed by atoms with Gasteiger partial charge in [-0.3, -0.25) is 4.79 Å². The van der Waals surface area contributed by atoms with Crippen LogP contribution in [0.3, 0.4) is 0 Å². The van der Waals surface area contributed by atoms with Crippen molar-refractivity contribution in [3.05, 3.63) is 21.3 Å². The molecule has 1 unspecified atom stereocenters. The Balaban J connectivity index is 1.79. The summed E-state index contributed by atoms with van der Waals surface area (Å²) in [7, 11) is 0. The summed E-state index contributed by atoms with van der Waals surface area (Å²) in [6, 6.07) is 3.79. The third kappa shape index (κ3) is 3.98. The topological polar surface area (TPSA) is 41.1 Å². The smallest absolute Gasteiger partial charge is 0.237 e. The Kier molecular flexibility index (Phi) is 4.83. The number of halogens is 1. The van der Waals surface area contributed by atoms with E-state index in [1.807, 2.05) is 12.1 Å². The Hall–Kier alpha value is -0.580. The lowest BCUT2D eigenvalue weighted by Gasteiger charge is -2.14. The molecule has 5 heteroatoms. The monoisotopic (exact) mass is 272 g/mol. The Bertz CT molecular complexity index is 372. The van der Waals surface area contributed by atoms with E-state index in [-0.39, 0.29) is 11.9 Å². The maximum Gasteiger partial charge on any atom is 0.237 e. The van der Waals surface area contributed by atoms with E-state index in [1.165, 1.54) is 24.2 Å². The molecule has 2 heterocycles. The van der Waals surface area contributed by atoms with Crippen molar-refractivity contribution in [3.8, 4) is 0 Å². The van der Waals surface area contributed by atoms with Crippen molar-refractivity contribution >= 4 is 28.8 Å². The maximum absolute atomic E-state index is 11.9. The van der Waals surface area contributed by atoms with E-state index in [0.717, 1.165) is 28.6 Å². The number of hydrogen-bond donors (Lipinski definition) is 2. The lowest BCUT2D eigenvalue weighted by Crippen LogP contribution is -2.43. The lowest BCUT2D eigenvalue weighted by atomic mass is 10.1. The number of carbonyl (C=O) groups excluding carboxylic acids is 1. The van der Waals surface area contributed by atoms with Gasteiger partial charge >= 0.3 is 0 Å². The summed E-state index contributed by atoms with van der Waals surface area (Å²) < 4.78 is 0.766. The van der Waals surface area contributed by atoms with Gasteiger partial charge in [-0.15, -0.1) is 11.3 Å². The molecule has 17 heavy (non-hydrogen) atoms. The van der Waals surface area contributed by atoms with E-state index in [0.29, 0.717) is 6.54 Å². The van der Waals surface area contributed by atoms with E-state index in [1.54, 1.807) is 0 Å². The number of hydrogen-bond acceptors (Lipinski definition) is 3. The molecule has 0 bridgehead atoms. The van der Waals surface area contributed by atoms with Crippen LogP contribution in [0.4, 0.5) is 0 Å². The average molecular weight is 273 g/mol. The molecule has 2 rings (SSSR count). The van der Waals surface area contributed by atoms with Gasteiger partial charge in [0.1, 0.15) is 0 Å². The van der Waals surface area contributed by atoms with Gasteiger partial charge in [0.2, 0.25) is 5.91 Å². The summed E-state index contributed by atoms with van der Waals surface area (Å²) in [5.74, 6) is 0.108. The van der Waals surface area contributed by atoms with Gasteiger partial charge in [-0.1, -0.05) is 24.4 Å². The van der Waals surface area contributed by atoms with Gasteiger partial charge in [-0.05, 0) is 31.5 Å². The van der Waals surface area contributed by atoms with Crippen LogP contribution in [0.25, 0.3) is 0 Å². The molecule has 0 saturated carbocycles. The fourth-order valence-electron chi connectivity index (χ4n) is 2.00. The van der Waals surface area contributed by atoms with E-state index in [9.17, 15) is 4.79 Å².